The molecule has 0 spiro atoms. The molecule has 0 bridgehead atoms. The number of hydrogen-bond donors (Lipinski definition) is 2. The molecule has 0 aliphatic heterocycles. The van der Waals surface area contributed by atoms with Crippen LogP contribution in [0.4, 0.5) is 0 Å². The second kappa shape index (κ2) is 12.0. The third-order valence-corrected chi connectivity index (χ3v) is 4.59. The maximum Gasteiger partial charge on any atom is 0.191 e. The Labute approximate surface area is 182 Å². The first-order chi connectivity index (χ1) is 12.5. The number of thiazole rings is 1. The molecule has 0 saturated heterocycles. The number of halogens is 1. The zero-order valence-corrected chi connectivity index (χ0v) is 19.6. The van der Waals surface area contributed by atoms with E-state index in [4.69, 9.17) is 9.47 Å². The molecule has 2 rings (SSSR count). The Bertz CT molecular complexity index is 721. The van der Waals surface area contributed by atoms with Gasteiger partial charge in [-0.15, -0.1) is 35.3 Å². The molecular weight excluding hydrogens is 475 g/mol. The van der Waals surface area contributed by atoms with E-state index in [0.29, 0.717) is 19.0 Å². The Morgan fingerprint density at radius 2 is 1.96 bits per heavy atom. The predicted molar refractivity (Wildman–Crippen MR) is 123 cm³/mol. The van der Waals surface area contributed by atoms with Gasteiger partial charge in [0.25, 0.3) is 0 Å². The smallest absolute Gasteiger partial charge is 0.191 e. The fourth-order valence-corrected chi connectivity index (χ4v) is 3.14. The van der Waals surface area contributed by atoms with Crippen LogP contribution in [0.15, 0.2) is 34.6 Å². The summed E-state index contributed by atoms with van der Waals surface area (Å²) in [6.07, 6.45) is -0.0203. The normalized spacial score (nSPS) is 12.3. The molecule has 0 aliphatic rings. The van der Waals surface area contributed by atoms with Crippen LogP contribution in [-0.2, 0) is 6.54 Å². The lowest BCUT2D eigenvalue weighted by molar-refractivity contribution is 0.223. The van der Waals surface area contributed by atoms with Crippen molar-refractivity contribution in [1.82, 2.24) is 15.6 Å². The van der Waals surface area contributed by atoms with Crippen molar-refractivity contribution < 1.29 is 9.47 Å². The van der Waals surface area contributed by atoms with Gasteiger partial charge in [0.15, 0.2) is 5.96 Å². The van der Waals surface area contributed by atoms with Crippen molar-refractivity contribution in [2.24, 2.45) is 4.99 Å². The lowest BCUT2D eigenvalue weighted by atomic mass is 10.2. The van der Waals surface area contributed by atoms with E-state index in [1.807, 2.05) is 31.2 Å². The van der Waals surface area contributed by atoms with Gasteiger partial charge < -0.3 is 20.1 Å². The van der Waals surface area contributed by atoms with E-state index in [-0.39, 0.29) is 30.1 Å². The maximum absolute atomic E-state index is 5.91. The monoisotopic (exact) mass is 504 g/mol. The van der Waals surface area contributed by atoms with Gasteiger partial charge in [0.05, 0.1) is 25.9 Å². The third-order valence-electron chi connectivity index (χ3n) is 3.73. The highest BCUT2D eigenvalue weighted by atomic mass is 127. The highest BCUT2D eigenvalue weighted by Crippen LogP contribution is 2.20. The Hall–Kier alpha value is -1.55. The minimum absolute atomic E-state index is 0. The van der Waals surface area contributed by atoms with Gasteiger partial charge in [0.2, 0.25) is 0 Å². The Morgan fingerprint density at radius 3 is 2.59 bits per heavy atom. The number of nitrogens with zero attached hydrogens (tertiary/aromatic N) is 2. The summed E-state index contributed by atoms with van der Waals surface area (Å²) < 4.78 is 11.1. The van der Waals surface area contributed by atoms with E-state index in [0.717, 1.165) is 28.2 Å². The molecule has 150 valence electrons. The van der Waals surface area contributed by atoms with Crippen LogP contribution in [0.25, 0.3) is 0 Å². The lowest BCUT2D eigenvalue weighted by Crippen LogP contribution is -2.41. The molecule has 0 saturated carbocycles. The van der Waals surface area contributed by atoms with Gasteiger partial charge in [-0.3, -0.25) is 4.99 Å². The molecule has 6 nitrogen and oxygen atoms in total. The summed E-state index contributed by atoms with van der Waals surface area (Å²) >= 11 is 1.67. The largest absolute Gasteiger partial charge is 0.497 e. The number of aromatic nitrogens is 1. The second-order valence-electron chi connectivity index (χ2n) is 6.23. The minimum atomic E-state index is -0.0203. The molecule has 0 amide bonds. The molecule has 1 heterocycles. The van der Waals surface area contributed by atoms with E-state index in [1.165, 1.54) is 0 Å². The van der Waals surface area contributed by atoms with Crippen molar-refractivity contribution in [2.75, 3.05) is 20.7 Å². The van der Waals surface area contributed by atoms with Crippen molar-refractivity contribution in [3.05, 3.63) is 40.3 Å². The van der Waals surface area contributed by atoms with Gasteiger partial charge in [-0.25, -0.2) is 4.98 Å². The number of rotatable bonds is 8. The predicted octanol–water partition coefficient (Wildman–Crippen LogP) is 4.03. The van der Waals surface area contributed by atoms with Crippen LogP contribution in [0.5, 0.6) is 11.5 Å². The van der Waals surface area contributed by atoms with Gasteiger partial charge in [-0.05, 0) is 25.0 Å². The fraction of sp³-hybridized carbons (Fsp3) is 0.474. The number of aliphatic imine (C=N–C) groups is 1. The molecular formula is C19H29IN4O2S. The molecule has 1 aromatic carbocycles. The van der Waals surface area contributed by atoms with Crippen LogP contribution in [0.2, 0.25) is 0 Å². The van der Waals surface area contributed by atoms with E-state index in [9.17, 15) is 0 Å². The van der Waals surface area contributed by atoms with Crippen LogP contribution in [0.1, 0.15) is 37.4 Å². The fourth-order valence-electron chi connectivity index (χ4n) is 2.24. The first kappa shape index (κ1) is 23.5. The van der Waals surface area contributed by atoms with Crippen LogP contribution < -0.4 is 20.1 Å². The lowest BCUT2D eigenvalue weighted by Gasteiger charge is -2.17. The molecule has 2 aromatic rings. The van der Waals surface area contributed by atoms with E-state index in [2.05, 4.69) is 39.8 Å². The maximum atomic E-state index is 5.91. The minimum Gasteiger partial charge on any atom is -0.497 e. The molecule has 1 atom stereocenters. The molecule has 2 N–H and O–H groups in total. The highest BCUT2D eigenvalue weighted by Gasteiger charge is 2.08. The van der Waals surface area contributed by atoms with Gasteiger partial charge in [0.1, 0.15) is 22.6 Å². The van der Waals surface area contributed by atoms with E-state index in [1.54, 1.807) is 25.5 Å². The molecule has 1 aromatic heterocycles. The van der Waals surface area contributed by atoms with E-state index < -0.39 is 0 Å². The standard InChI is InChI=1S/C19H28N4O2S.HI/c1-13(2)17-12-26-18(23-17)11-22-19(20-4)21-10-14(3)25-16-8-6-7-15(9-16)24-5;/h6-9,12-14H,10-11H2,1-5H3,(H2,20,21,22);1H. The van der Waals surface area contributed by atoms with E-state index >= 15 is 0 Å². The zero-order chi connectivity index (χ0) is 18.9. The Morgan fingerprint density at radius 1 is 1.22 bits per heavy atom. The molecule has 27 heavy (non-hydrogen) atoms. The molecule has 1 unspecified atom stereocenters. The second-order valence-corrected chi connectivity index (χ2v) is 7.18. The summed E-state index contributed by atoms with van der Waals surface area (Å²) in [5.74, 6) is 2.74. The zero-order valence-electron chi connectivity index (χ0n) is 16.5. The average molecular weight is 504 g/mol. The summed E-state index contributed by atoms with van der Waals surface area (Å²) in [6.45, 7) is 7.59. The number of benzene rings is 1. The number of nitrogens with one attached hydrogen (secondary N) is 2. The summed E-state index contributed by atoms with van der Waals surface area (Å²) in [5.41, 5.74) is 1.13. The number of hydrogen-bond acceptors (Lipinski definition) is 5. The van der Waals surface area contributed by atoms with Crippen molar-refractivity contribution in [3.63, 3.8) is 0 Å². The Kier molecular flexibility index (Phi) is 10.5. The molecule has 0 radical (unpaired) electrons. The highest BCUT2D eigenvalue weighted by molar-refractivity contribution is 14.0. The molecule has 8 heteroatoms. The number of methoxy groups -OCH3 is 1. The third kappa shape index (κ3) is 7.92. The molecule has 0 fully saturated rings. The van der Waals surface area contributed by atoms with Crippen LogP contribution in [-0.4, -0.2) is 37.7 Å². The van der Waals surface area contributed by atoms with Gasteiger partial charge in [-0.2, -0.15) is 0 Å². The van der Waals surface area contributed by atoms with Crippen molar-refractivity contribution >= 4 is 41.3 Å². The summed E-state index contributed by atoms with van der Waals surface area (Å²) in [5, 5.41) is 9.73. The van der Waals surface area contributed by atoms with Crippen LogP contribution in [0.3, 0.4) is 0 Å². The van der Waals surface area contributed by atoms with Crippen LogP contribution >= 0.6 is 35.3 Å². The summed E-state index contributed by atoms with van der Waals surface area (Å²) in [6, 6.07) is 7.60. The topological polar surface area (TPSA) is 67.8 Å². The van der Waals surface area contributed by atoms with Gasteiger partial charge >= 0.3 is 0 Å². The van der Waals surface area contributed by atoms with Crippen LogP contribution in [0, 0.1) is 0 Å². The number of ether oxygens (including phenoxy) is 2. The van der Waals surface area contributed by atoms with Gasteiger partial charge in [-0.1, -0.05) is 19.9 Å². The number of guanidine groups is 1. The van der Waals surface area contributed by atoms with Crippen molar-refractivity contribution in [2.45, 2.75) is 39.3 Å². The SMILES string of the molecule is CN=C(NCc1nc(C(C)C)cs1)NCC(C)Oc1cccc(OC)c1.I. The molecule has 0 aliphatic carbocycles. The first-order valence-corrected chi connectivity index (χ1v) is 9.59. The average Bonchev–Trinajstić information content (AvgIpc) is 3.11. The van der Waals surface area contributed by atoms with Crippen molar-refractivity contribution in [1.29, 1.82) is 0 Å². The van der Waals surface area contributed by atoms with Crippen molar-refractivity contribution in [3.8, 4) is 11.5 Å². The Balaban J connectivity index is 0.00000364. The quantitative estimate of drug-likeness (QED) is 0.323. The van der Waals surface area contributed by atoms with Gasteiger partial charge in [0, 0.05) is 18.5 Å². The summed E-state index contributed by atoms with van der Waals surface area (Å²) in [4.78, 5) is 8.87. The first-order valence-electron chi connectivity index (χ1n) is 8.71. The summed E-state index contributed by atoms with van der Waals surface area (Å²) in [7, 11) is 3.40.